The van der Waals surface area contributed by atoms with E-state index in [0.29, 0.717) is 0 Å². The average molecular weight is 352 g/mol. The van der Waals surface area contributed by atoms with Gasteiger partial charge in [0.15, 0.2) is 0 Å². The Bertz CT molecular complexity index is 839. The van der Waals surface area contributed by atoms with Crippen molar-refractivity contribution in [1.29, 1.82) is 0 Å². The normalized spacial score (nSPS) is 10.5. The van der Waals surface area contributed by atoms with Gasteiger partial charge in [0.05, 0.1) is 10.2 Å². The van der Waals surface area contributed by atoms with Crippen LogP contribution in [0.1, 0.15) is 25.3 Å². The molecule has 0 saturated carbocycles. The first kappa shape index (κ1) is 14.9. The van der Waals surface area contributed by atoms with Crippen LogP contribution in [0.3, 0.4) is 0 Å². The molecule has 0 aliphatic carbocycles. The van der Waals surface area contributed by atoms with Crippen LogP contribution in [-0.4, -0.2) is 4.57 Å². The summed E-state index contributed by atoms with van der Waals surface area (Å²) in [6.07, 6.45) is 2.03. The average Bonchev–Trinajstić information content (AvgIpc) is 2.80. The van der Waals surface area contributed by atoms with Crippen LogP contribution >= 0.6 is 15.9 Å². The fraction of sp³-hybridized carbons (Fsp3) is 0.200. The molecule has 3 rings (SSSR count). The molecule has 2 heteroatoms. The van der Waals surface area contributed by atoms with Crippen LogP contribution in [0.15, 0.2) is 53.0 Å². The van der Waals surface area contributed by atoms with Crippen LogP contribution in [0.25, 0.3) is 22.2 Å². The van der Waals surface area contributed by atoms with Gasteiger partial charge < -0.3 is 4.57 Å². The molecule has 0 aliphatic rings. The van der Waals surface area contributed by atoms with E-state index in [4.69, 9.17) is 0 Å². The van der Waals surface area contributed by atoms with Crippen molar-refractivity contribution in [1.82, 2.24) is 4.57 Å². The highest BCUT2D eigenvalue weighted by Crippen LogP contribution is 2.38. The molecule has 0 radical (unpaired) electrons. The summed E-state index contributed by atoms with van der Waals surface area (Å²) in [5.41, 5.74) is 4.67. The SMILES string of the molecule is CCCC#Cc1ccccc1-c1c(Br)c2ccccc2n1C. The number of unbranched alkanes of at least 4 members (excludes halogenated alkanes) is 1. The minimum atomic E-state index is 0.935. The number of benzene rings is 2. The molecular formula is C20H18BrN. The molecule has 110 valence electrons. The zero-order valence-electron chi connectivity index (χ0n) is 12.9. The van der Waals surface area contributed by atoms with Crippen molar-refractivity contribution in [3.63, 3.8) is 0 Å². The number of aromatic nitrogens is 1. The second-order valence-corrected chi connectivity index (χ2v) is 6.13. The van der Waals surface area contributed by atoms with E-state index in [-0.39, 0.29) is 0 Å². The second kappa shape index (κ2) is 6.42. The van der Waals surface area contributed by atoms with E-state index in [1.54, 1.807) is 0 Å². The van der Waals surface area contributed by atoms with Gasteiger partial charge in [-0.3, -0.25) is 0 Å². The number of hydrogen-bond acceptors (Lipinski definition) is 0. The molecule has 1 heterocycles. The Kier molecular flexibility index (Phi) is 4.36. The maximum absolute atomic E-state index is 3.79. The molecule has 0 unspecified atom stereocenters. The predicted octanol–water partition coefficient (Wildman–Crippen LogP) is 5.76. The number of para-hydroxylation sites is 1. The lowest BCUT2D eigenvalue weighted by Gasteiger charge is -2.08. The van der Waals surface area contributed by atoms with E-state index in [0.717, 1.165) is 22.9 Å². The number of fused-ring (bicyclic) bond motifs is 1. The summed E-state index contributed by atoms with van der Waals surface area (Å²) < 4.78 is 3.37. The molecule has 0 spiro atoms. The minimum absolute atomic E-state index is 0.935. The highest BCUT2D eigenvalue weighted by atomic mass is 79.9. The quantitative estimate of drug-likeness (QED) is 0.517. The third kappa shape index (κ3) is 2.58. The Morgan fingerprint density at radius 1 is 1.05 bits per heavy atom. The summed E-state index contributed by atoms with van der Waals surface area (Å²) in [5, 5.41) is 1.23. The molecule has 2 aromatic carbocycles. The monoisotopic (exact) mass is 351 g/mol. The highest BCUT2D eigenvalue weighted by molar-refractivity contribution is 9.10. The molecule has 22 heavy (non-hydrogen) atoms. The van der Waals surface area contributed by atoms with E-state index in [2.05, 4.69) is 94.8 Å². The molecule has 0 atom stereocenters. The first-order chi connectivity index (χ1) is 10.7. The molecular weight excluding hydrogens is 334 g/mol. The van der Waals surface area contributed by atoms with Crippen molar-refractivity contribution in [2.45, 2.75) is 19.8 Å². The topological polar surface area (TPSA) is 4.93 Å². The summed E-state index contributed by atoms with van der Waals surface area (Å²) in [6, 6.07) is 16.8. The highest BCUT2D eigenvalue weighted by Gasteiger charge is 2.16. The summed E-state index contributed by atoms with van der Waals surface area (Å²) >= 11 is 3.79. The Labute approximate surface area is 140 Å². The van der Waals surface area contributed by atoms with E-state index in [9.17, 15) is 0 Å². The molecule has 0 bridgehead atoms. The second-order valence-electron chi connectivity index (χ2n) is 5.34. The maximum Gasteiger partial charge on any atom is 0.0645 e. The van der Waals surface area contributed by atoms with Gasteiger partial charge in [-0.25, -0.2) is 0 Å². The van der Waals surface area contributed by atoms with Crippen molar-refractivity contribution < 1.29 is 0 Å². The lowest BCUT2D eigenvalue weighted by molar-refractivity contribution is 0.975. The molecule has 0 N–H and O–H groups in total. The molecule has 3 aromatic rings. The van der Waals surface area contributed by atoms with Gasteiger partial charge in [0.2, 0.25) is 0 Å². The van der Waals surface area contributed by atoms with Gasteiger partial charge in [-0.1, -0.05) is 55.2 Å². The Morgan fingerprint density at radius 3 is 2.55 bits per heavy atom. The largest absolute Gasteiger partial charge is 0.343 e. The van der Waals surface area contributed by atoms with Gasteiger partial charge >= 0.3 is 0 Å². The standard InChI is InChI=1S/C20H18BrN/c1-3-4-5-10-15-11-6-7-12-16(15)20-19(21)17-13-8-9-14-18(17)22(20)2/h6-9,11-14H,3-4H2,1-2H3. The molecule has 0 aliphatic heterocycles. The Balaban J connectivity index is 2.23. The number of aryl methyl sites for hydroxylation is 1. The van der Waals surface area contributed by atoms with Crippen LogP contribution in [0.5, 0.6) is 0 Å². The van der Waals surface area contributed by atoms with Gasteiger partial charge in [-0.2, -0.15) is 0 Å². The number of halogens is 1. The van der Waals surface area contributed by atoms with Crippen LogP contribution in [0.2, 0.25) is 0 Å². The van der Waals surface area contributed by atoms with Crippen molar-refractivity contribution >= 4 is 26.8 Å². The zero-order valence-corrected chi connectivity index (χ0v) is 14.4. The number of rotatable bonds is 2. The fourth-order valence-electron chi connectivity index (χ4n) is 2.73. The van der Waals surface area contributed by atoms with Crippen LogP contribution in [-0.2, 0) is 7.05 Å². The third-order valence-corrected chi connectivity index (χ3v) is 4.63. The van der Waals surface area contributed by atoms with Gasteiger partial charge in [0, 0.05) is 35.5 Å². The molecule has 1 aromatic heterocycles. The van der Waals surface area contributed by atoms with Gasteiger partial charge in [0.25, 0.3) is 0 Å². The fourth-order valence-corrected chi connectivity index (χ4v) is 3.54. The van der Waals surface area contributed by atoms with Crippen molar-refractivity contribution in [2.24, 2.45) is 7.05 Å². The smallest absolute Gasteiger partial charge is 0.0645 e. The van der Waals surface area contributed by atoms with Crippen LogP contribution in [0, 0.1) is 11.8 Å². The van der Waals surface area contributed by atoms with Crippen molar-refractivity contribution in [3.8, 4) is 23.1 Å². The van der Waals surface area contributed by atoms with E-state index in [1.165, 1.54) is 22.2 Å². The minimum Gasteiger partial charge on any atom is -0.343 e. The summed E-state index contributed by atoms with van der Waals surface area (Å²) in [5.74, 6) is 6.59. The Morgan fingerprint density at radius 2 is 1.77 bits per heavy atom. The first-order valence-corrected chi connectivity index (χ1v) is 8.34. The lowest BCUT2D eigenvalue weighted by Crippen LogP contribution is -1.94. The van der Waals surface area contributed by atoms with Crippen molar-refractivity contribution in [3.05, 3.63) is 58.6 Å². The maximum atomic E-state index is 3.79. The van der Waals surface area contributed by atoms with Crippen LogP contribution < -0.4 is 0 Å². The lowest BCUT2D eigenvalue weighted by atomic mass is 10.0. The van der Waals surface area contributed by atoms with Crippen molar-refractivity contribution in [2.75, 3.05) is 0 Å². The predicted molar refractivity (Wildman–Crippen MR) is 97.8 cm³/mol. The molecule has 0 saturated heterocycles. The van der Waals surface area contributed by atoms with Gasteiger partial charge in [0.1, 0.15) is 0 Å². The third-order valence-electron chi connectivity index (χ3n) is 3.83. The molecule has 0 fully saturated rings. The van der Waals surface area contributed by atoms with Gasteiger partial charge in [-0.05, 0) is 34.5 Å². The molecule has 0 amide bonds. The molecule has 1 nitrogen and oxygen atoms in total. The first-order valence-electron chi connectivity index (χ1n) is 7.55. The Hall–Kier alpha value is -1.98. The summed E-state index contributed by atoms with van der Waals surface area (Å²) in [7, 11) is 2.11. The summed E-state index contributed by atoms with van der Waals surface area (Å²) in [4.78, 5) is 0. The number of hydrogen-bond donors (Lipinski definition) is 0. The van der Waals surface area contributed by atoms with E-state index in [1.807, 2.05) is 0 Å². The summed E-state index contributed by atoms with van der Waals surface area (Å²) in [6.45, 7) is 2.15. The van der Waals surface area contributed by atoms with Crippen LogP contribution in [0.4, 0.5) is 0 Å². The zero-order chi connectivity index (χ0) is 15.5. The number of nitrogens with zero attached hydrogens (tertiary/aromatic N) is 1. The van der Waals surface area contributed by atoms with E-state index >= 15 is 0 Å². The van der Waals surface area contributed by atoms with E-state index < -0.39 is 0 Å². The van der Waals surface area contributed by atoms with Gasteiger partial charge in [-0.15, -0.1) is 0 Å².